The van der Waals surface area contributed by atoms with Crippen LogP contribution in [0.15, 0.2) is 42.5 Å². The van der Waals surface area contributed by atoms with Crippen LogP contribution in [-0.2, 0) is 9.53 Å². The molecule has 40 heavy (non-hydrogen) atoms. The van der Waals surface area contributed by atoms with Gasteiger partial charge in [-0.15, -0.1) is 0 Å². The topological polar surface area (TPSA) is 128 Å². The first kappa shape index (κ1) is 30.5. The highest BCUT2D eigenvalue weighted by atomic mass is 16.6. The summed E-state index contributed by atoms with van der Waals surface area (Å²) >= 11 is 0. The standard InChI is InChI=1S/C30H40N4O6/c1-18(2)33(29(38)39)26-16-19(3)34(20(4)35)25-13-12-23(17-24(25)26)21-8-10-22(11-9-21)27(36)31-14-15-32-28(37)40-30(5,6)7/h8-13,17-19,26H,14-16H2,1-7H3,(H,31,36)(H,32,37)(H,38,39)/t19-,26+/m0/s1. The zero-order chi connectivity index (χ0) is 29.8. The van der Waals surface area contributed by atoms with Gasteiger partial charge in [0.25, 0.3) is 5.91 Å². The largest absolute Gasteiger partial charge is 0.465 e. The number of hydrogen-bond acceptors (Lipinski definition) is 5. The van der Waals surface area contributed by atoms with Crippen molar-refractivity contribution < 1.29 is 29.0 Å². The highest BCUT2D eigenvalue weighted by Crippen LogP contribution is 2.43. The Hall–Kier alpha value is -4.08. The molecule has 0 spiro atoms. The normalized spacial score (nSPS) is 16.6. The van der Waals surface area contributed by atoms with E-state index >= 15 is 0 Å². The van der Waals surface area contributed by atoms with E-state index in [1.807, 2.05) is 51.1 Å². The van der Waals surface area contributed by atoms with E-state index in [0.717, 1.165) is 16.7 Å². The molecule has 2 aromatic rings. The highest BCUT2D eigenvalue weighted by Gasteiger charge is 2.38. The van der Waals surface area contributed by atoms with Crippen LogP contribution >= 0.6 is 0 Å². The lowest BCUT2D eigenvalue weighted by Crippen LogP contribution is -2.48. The average molecular weight is 553 g/mol. The molecule has 0 aromatic heterocycles. The van der Waals surface area contributed by atoms with Gasteiger partial charge in [0.2, 0.25) is 5.91 Å². The third-order valence-electron chi connectivity index (χ3n) is 6.66. The Labute approximate surface area is 235 Å². The zero-order valence-corrected chi connectivity index (χ0v) is 24.3. The van der Waals surface area contributed by atoms with Gasteiger partial charge in [-0.1, -0.05) is 18.2 Å². The maximum atomic E-state index is 12.6. The molecule has 0 radical (unpaired) electrons. The molecule has 0 unspecified atom stereocenters. The minimum absolute atomic E-state index is 0.0944. The van der Waals surface area contributed by atoms with E-state index in [0.29, 0.717) is 17.7 Å². The number of anilines is 1. The lowest BCUT2D eigenvalue weighted by molar-refractivity contribution is -0.117. The molecule has 0 bridgehead atoms. The van der Waals surface area contributed by atoms with E-state index in [4.69, 9.17) is 4.74 Å². The Kier molecular flexibility index (Phi) is 9.44. The average Bonchev–Trinajstić information content (AvgIpc) is 2.84. The number of carboxylic acid groups (broad SMARTS) is 1. The summed E-state index contributed by atoms with van der Waals surface area (Å²) in [7, 11) is 0. The van der Waals surface area contributed by atoms with Gasteiger partial charge in [-0.3, -0.25) is 14.5 Å². The number of ether oxygens (including phenoxy) is 1. The molecular formula is C30H40N4O6. The van der Waals surface area contributed by atoms with Gasteiger partial charge < -0.3 is 25.4 Å². The number of rotatable bonds is 7. The number of nitrogens with zero attached hydrogens (tertiary/aromatic N) is 2. The number of benzene rings is 2. The lowest BCUT2D eigenvalue weighted by atomic mass is 9.87. The monoisotopic (exact) mass is 552 g/mol. The Morgan fingerprint density at radius 1 is 1.02 bits per heavy atom. The first-order valence-electron chi connectivity index (χ1n) is 13.5. The van der Waals surface area contributed by atoms with Crippen molar-refractivity contribution in [1.29, 1.82) is 0 Å². The van der Waals surface area contributed by atoms with Crippen molar-refractivity contribution in [2.45, 2.75) is 78.6 Å². The molecule has 0 saturated heterocycles. The van der Waals surface area contributed by atoms with E-state index in [-0.39, 0.29) is 37.0 Å². The second kappa shape index (κ2) is 12.4. The van der Waals surface area contributed by atoms with Crippen LogP contribution in [0, 0.1) is 0 Å². The molecule has 0 saturated carbocycles. The van der Waals surface area contributed by atoms with Gasteiger partial charge in [0.1, 0.15) is 5.60 Å². The van der Waals surface area contributed by atoms with Crippen LogP contribution in [-0.4, -0.2) is 64.8 Å². The fourth-order valence-electron chi connectivity index (χ4n) is 5.04. The van der Waals surface area contributed by atoms with Gasteiger partial charge in [-0.05, 0) is 88.9 Å². The van der Waals surface area contributed by atoms with Crippen molar-refractivity contribution in [1.82, 2.24) is 15.5 Å². The summed E-state index contributed by atoms with van der Waals surface area (Å²) in [6.07, 6.45) is -1.06. The van der Waals surface area contributed by atoms with Crippen LogP contribution in [0.4, 0.5) is 15.3 Å². The van der Waals surface area contributed by atoms with E-state index in [2.05, 4.69) is 10.6 Å². The molecule has 10 heteroatoms. The molecule has 0 aliphatic carbocycles. The van der Waals surface area contributed by atoms with Crippen molar-refractivity contribution >= 4 is 29.7 Å². The molecule has 4 amide bonds. The molecule has 1 aliphatic heterocycles. The van der Waals surface area contributed by atoms with Crippen molar-refractivity contribution in [2.24, 2.45) is 0 Å². The third-order valence-corrected chi connectivity index (χ3v) is 6.66. The van der Waals surface area contributed by atoms with E-state index in [1.165, 1.54) is 11.8 Å². The van der Waals surface area contributed by atoms with Crippen LogP contribution in [0.1, 0.15) is 76.9 Å². The van der Waals surface area contributed by atoms with Crippen LogP contribution in [0.25, 0.3) is 11.1 Å². The van der Waals surface area contributed by atoms with Crippen molar-refractivity contribution in [3.05, 3.63) is 53.6 Å². The minimum atomic E-state index is -1.00. The Morgan fingerprint density at radius 2 is 1.62 bits per heavy atom. The van der Waals surface area contributed by atoms with E-state index < -0.39 is 23.8 Å². The number of hydrogen-bond donors (Lipinski definition) is 3. The molecule has 216 valence electrons. The zero-order valence-electron chi connectivity index (χ0n) is 24.3. The second-order valence-corrected chi connectivity index (χ2v) is 11.3. The summed E-state index contributed by atoms with van der Waals surface area (Å²) in [5.74, 6) is -0.369. The van der Waals surface area contributed by atoms with Crippen molar-refractivity contribution in [2.75, 3.05) is 18.0 Å². The molecule has 1 aliphatic rings. The van der Waals surface area contributed by atoms with Gasteiger partial charge in [0.15, 0.2) is 0 Å². The van der Waals surface area contributed by atoms with Gasteiger partial charge >= 0.3 is 12.2 Å². The number of nitrogens with one attached hydrogen (secondary N) is 2. The number of alkyl carbamates (subject to hydrolysis) is 1. The summed E-state index contributed by atoms with van der Waals surface area (Å²) < 4.78 is 5.17. The number of amides is 4. The van der Waals surface area contributed by atoms with E-state index in [9.17, 15) is 24.3 Å². The molecule has 1 heterocycles. The number of fused-ring (bicyclic) bond motifs is 1. The molecule has 2 aromatic carbocycles. The Morgan fingerprint density at radius 3 is 2.17 bits per heavy atom. The van der Waals surface area contributed by atoms with Crippen molar-refractivity contribution in [3.8, 4) is 11.1 Å². The maximum Gasteiger partial charge on any atom is 0.408 e. The molecule has 3 rings (SSSR count). The summed E-state index contributed by atoms with van der Waals surface area (Å²) in [6.45, 7) is 12.9. The SMILES string of the molecule is CC(=O)N1c2ccc(-c3ccc(C(=O)NCCNC(=O)OC(C)(C)C)cc3)cc2[C@H](N(C(=O)O)C(C)C)C[C@@H]1C. The molecule has 0 fully saturated rings. The Bertz CT molecular complexity index is 1250. The Balaban J connectivity index is 1.78. The fourth-order valence-corrected chi connectivity index (χ4v) is 5.04. The predicted molar refractivity (Wildman–Crippen MR) is 153 cm³/mol. The minimum Gasteiger partial charge on any atom is -0.465 e. The fraction of sp³-hybridized carbons (Fsp3) is 0.467. The van der Waals surface area contributed by atoms with Gasteiger partial charge in [-0.2, -0.15) is 0 Å². The molecular weight excluding hydrogens is 512 g/mol. The highest BCUT2D eigenvalue weighted by molar-refractivity contribution is 5.95. The van der Waals surface area contributed by atoms with Gasteiger partial charge in [0, 0.05) is 43.3 Å². The van der Waals surface area contributed by atoms with Crippen LogP contribution < -0.4 is 15.5 Å². The first-order valence-corrected chi connectivity index (χ1v) is 13.5. The second-order valence-electron chi connectivity index (χ2n) is 11.3. The summed E-state index contributed by atoms with van der Waals surface area (Å²) in [4.78, 5) is 52.2. The molecule has 10 nitrogen and oxygen atoms in total. The number of carbonyl (C=O) groups is 4. The maximum absolute atomic E-state index is 12.6. The summed E-state index contributed by atoms with van der Waals surface area (Å²) in [5.41, 5.74) is 3.06. The van der Waals surface area contributed by atoms with Gasteiger partial charge in [-0.25, -0.2) is 9.59 Å². The first-order chi connectivity index (χ1) is 18.7. The lowest BCUT2D eigenvalue weighted by Gasteiger charge is -2.43. The third kappa shape index (κ3) is 7.31. The van der Waals surface area contributed by atoms with E-state index in [1.54, 1.807) is 37.8 Å². The summed E-state index contributed by atoms with van der Waals surface area (Å²) in [6, 6.07) is 12.0. The van der Waals surface area contributed by atoms with Crippen LogP contribution in [0.5, 0.6) is 0 Å². The van der Waals surface area contributed by atoms with Crippen LogP contribution in [0.3, 0.4) is 0 Å². The molecule has 3 N–H and O–H groups in total. The van der Waals surface area contributed by atoms with Crippen molar-refractivity contribution in [3.63, 3.8) is 0 Å². The molecule has 2 atom stereocenters. The summed E-state index contributed by atoms with van der Waals surface area (Å²) in [5, 5.41) is 15.3. The quantitative estimate of drug-likeness (QED) is 0.406. The predicted octanol–water partition coefficient (Wildman–Crippen LogP) is 5.18. The van der Waals surface area contributed by atoms with Gasteiger partial charge in [0.05, 0.1) is 6.04 Å². The smallest absolute Gasteiger partial charge is 0.408 e. The number of carbonyl (C=O) groups excluding carboxylic acids is 3. The van der Waals surface area contributed by atoms with Crippen LogP contribution in [0.2, 0.25) is 0 Å².